The van der Waals surface area contributed by atoms with Crippen LogP contribution < -0.4 is 11.1 Å². The molecular weight excluding hydrogens is 254 g/mol. The van der Waals surface area contributed by atoms with Gasteiger partial charge in [-0.3, -0.25) is 14.6 Å². The lowest BCUT2D eigenvalue weighted by Crippen LogP contribution is -2.42. The lowest BCUT2D eigenvalue weighted by molar-refractivity contribution is -0.134. The van der Waals surface area contributed by atoms with Crippen LogP contribution in [0.3, 0.4) is 0 Å². The van der Waals surface area contributed by atoms with Crippen molar-refractivity contribution in [1.29, 1.82) is 0 Å². The monoisotopic (exact) mass is 275 g/mol. The molecule has 2 atom stereocenters. The van der Waals surface area contributed by atoms with Gasteiger partial charge in [0.05, 0.1) is 0 Å². The van der Waals surface area contributed by atoms with Crippen molar-refractivity contribution in [1.82, 2.24) is 10.3 Å². The molecule has 0 aliphatic heterocycles. The Labute approximate surface area is 119 Å². The van der Waals surface area contributed by atoms with Crippen molar-refractivity contribution in [3.63, 3.8) is 0 Å². The van der Waals surface area contributed by atoms with Crippen LogP contribution >= 0.6 is 0 Å². The van der Waals surface area contributed by atoms with Gasteiger partial charge in [-0.15, -0.1) is 0 Å². The van der Waals surface area contributed by atoms with Gasteiger partial charge < -0.3 is 11.1 Å². The molecule has 1 aliphatic carbocycles. The number of rotatable bonds is 5. The highest BCUT2D eigenvalue weighted by Crippen LogP contribution is 2.29. The van der Waals surface area contributed by atoms with E-state index in [1.807, 2.05) is 12.1 Å². The largest absolute Gasteiger partial charge is 0.369 e. The fourth-order valence-corrected chi connectivity index (χ4v) is 2.79. The van der Waals surface area contributed by atoms with Gasteiger partial charge in [-0.05, 0) is 30.9 Å². The van der Waals surface area contributed by atoms with Crippen LogP contribution in [-0.4, -0.2) is 23.3 Å². The third-order valence-corrected chi connectivity index (χ3v) is 3.90. The van der Waals surface area contributed by atoms with Gasteiger partial charge in [0.2, 0.25) is 11.8 Å². The highest BCUT2D eigenvalue weighted by atomic mass is 16.2. The van der Waals surface area contributed by atoms with Crippen LogP contribution in [0.25, 0.3) is 0 Å². The Morgan fingerprint density at radius 2 is 2.05 bits per heavy atom. The van der Waals surface area contributed by atoms with Crippen molar-refractivity contribution in [3.05, 3.63) is 30.1 Å². The molecule has 1 aromatic heterocycles. The van der Waals surface area contributed by atoms with E-state index in [9.17, 15) is 9.59 Å². The summed E-state index contributed by atoms with van der Waals surface area (Å²) in [5.74, 6) is -0.952. The third kappa shape index (κ3) is 3.79. The van der Waals surface area contributed by atoms with Gasteiger partial charge in [0, 0.05) is 30.8 Å². The predicted molar refractivity (Wildman–Crippen MR) is 75.6 cm³/mol. The molecule has 0 bridgehead atoms. The molecule has 0 radical (unpaired) electrons. The second-order valence-corrected chi connectivity index (χ2v) is 5.30. The van der Waals surface area contributed by atoms with Crippen molar-refractivity contribution < 1.29 is 9.59 Å². The number of nitrogens with zero attached hydrogens (tertiary/aromatic N) is 1. The average molecular weight is 275 g/mol. The molecule has 2 rings (SSSR count). The van der Waals surface area contributed by atoms with Crippen molar-refractivity contribution in [2.75, 3.05) is 6.54 Å². The van der Waals surface area contributed by atoms with E-state index in [0.717, 1.165) is 37.7 Å². The van der Waals surface area contributed by atoms with E-state index < -0.39 is 0 Å². The Balaban J connectivity index is 1.83. The number of primary amides is 1. The number of aromatic nitrogens is 1. The van der Waals surface area contributed by atoms with Gasteiger partial charge in [0.25, 0.3) is 0 Å². The van der Waals surface area contributed by atoms with E-state index in [1.165, 1.54) is 0 Å². The summed E-state index contributed by atoms with van der Waals surface area (Å²) >= 11 is 0. The highest BCUT2D eigenvalue weighted by molar-refractivity contribution is 5.87. The Morgan fingerprint density at radius 1 is 1.30 bits per heavy atom. The van der Waals surface area contributed by atoms with E-state index in [-0.39, 0.29) is 23.7 Å². The lowest BCUT2D eigenvalue weighted by atomic mass is 9.78. The molecule has 0 spiro atoms. The maximum absolute atomic E-state index is 12.2. The fraction of sp³-hybridized carbons (Fsp3) is 0.533. The number of hydrogen-bond acceptors (Lipinski definition) is 3. The Hall–Kier alpha value is -1.91. The molecule has 2 amide bonds. The summed E-state index contributed by atoms with van der Waals surface area (Å²) < 4.78 is 0. The van der Waals surface area contributed by atoms with Crippen LogP contribution in [-0.2, 0) is 16.0 Å². The molecular formula is C15H21N3O2. The number of nitrogens with one attached hydrogen (secondary N) is 1. The first-order chi connectivity index (χ1) is 9.68. The van der Waals surface area contributed by atoms with Gasteiger partial charge in [-0.2, -0.15) is 0 Å². The van der Waals surface area contributed by atoms with Crippen LogP contribution in [0.2, 0.25) is 0 Å². The number of carbonyl (C=O) groups is 2. The number of amides is 2. The zero-order chi connectivity index (χ0) is 14.4. The molecule has 1 fully saturated rings. The van der Waals surface area contributed by atoms with E-state index >= 15 is 0 Å². The molecule has 20 heavy (non-hydrogen) atoms. The maximum Gasteiger partial charge on any atom is 0.223 e. The van der Waals surface area contributed by atoms with Crippen LogP contribution in [0.15, 0.2) is 24.5 Å². The van der Waals surface area contributed by atoms with E-state index in [0.29, 0.717) is 6.54 Å². The normalized spacial score (nSPS) is 22.2. The number of nitrogens with two attached hydrogens (primary N) is 1. The predicted octanol–water partition coefficient (Wildman–Crippen LogP) is 1.03. The van der Waals surface area contributed by atoms with Crippen LogP contribution in [0.1, 0.15) is 31.2 Å². The van der Waals surface area contributed by atoms with Crippen LogP contribution in [0.4, 0.5) is 0 Å². The third-order valence-electron chi connectivity index (χ3n) is 3.90. The first-order valence-electron chi connectivity index (χ1n) is 7.14. The summed E-state index contributed by atoms with van der Waals surface area (Å²) in [7, 11) is 0. The summed E-state index contributed by atoms with van der Waals surface area (Å²) in [5.41, 5.74) is 6.47. The first-order valence-corrected chi connectivity index (χ1v) is 7.14. The minimum absolute atomic E-state index is 0.0441. The SMILES string of the molecule is NC(=O)[C@H]1CCCC[C@H]1C(=O)NCCc1cccnc1. The number of carbonyl (C=O) groups excluding carboxylic acids is 2. The zero-order valence-corrected chi connectivity index (χ0v) is 11.5. The minimum atomic E-state index is -0.350. The molecule has 1 aromatic rings. The first kappa shape index (κ1) is 14.5. The highest BCUT2D eigenvalue weighted by Gasteiger charge is 2.34. The smallest absolute Gasteiger partial charge is 0.223 e. The molecule has 1 heterocycles. The van der Waals surface area contributed by atoms with Crippen molar-refractivity contribution in [3.8, 4) is 0 Å². The Bertz CT molecular complexity index is 461. The Kier molecular flexibility index (Phi) is 5.09. The molecule has 0 unspecified atom stereocenters. The molecule has 3 N–H and O–H groups in total. The zero-order valence-electron chi connectivity index (χ0n) is 11.5. The molecule has 5 heteroatoms. The summed E-state index contributed by atoms with van der Waals surface area (Å²) in [6, 6.07) is 3.85. The van der Waals surface area contributed by atoms with Crippen molar-refractivity contribution in [2.45, 2.75) is 32.1 Å². The van der Waals surface area contributed by atoms with Crippen molar-refractivity contribution in [2.24, 2.45) is 17.6 Å². The van der Waals surface area contributed by atoms with E-state index in [4.69, 9.17) is 5.73 Å². The summed E-state index contributed by atoms with van der Waals surface area (Å²) in [6.07, 6.45) is 7.72. The lowest BCUT2D eigenvalue weighted by Gasteiger charge is -2.28. The number of hydrogen-bond donors (Lipinski definition) is 2. The van der Waals surface area contributed by atoms with Gasteiger partial charge in [-0.1, -0.05) is 18.9 Å². The van der Waals surface area contributed by atoms with Gasteiger partial charge in [-0.25, -0.2) is 0 Å². The second-order valence-electron chi connectivity index (χ2n) is 5.30. The Morgan fingerprint density at radius 3 is 2.70 bits per heavy atom. The van der Waals surface area contributed by atoms with Crippen LogP contribution in [0.5, 0.6) is 0 Å². The molecule has 0 saturated heterocycles. The maximum atomic E-state index is 12.2. The quantitative estimate of drug-likeness (QED) is 0.841. The average Bonchev–Trinajstić information content (AvgIpc) is 2.48. The molecule has 5 nitrogen and oxygen atoms in total. The summed E-state index contributed by atoms with van der Waals surface area (Å²) in [4.78, 5) is 27.6. The van der Waals surface area contributed by atoms with Gasteiger partial charge in [0.15, 0.2) is 0 Å². The van der Waals surface area contributed by atoms with E-state index in [1.54, 1.807) is 12.4 Å². The standard InChI is InChI=1S/C15H21N3O2/c16-14(19)12-5-1-2-6-13(12)15(20)18-9-7-11-4-3-8-17-10-11/h3-4,8,10,12-13H,1-2,5-7,9H2,(H2,16,19)(H,18,20)/t12-,13+/m0/s1. The van der Waals surface area contributed by atoms with Gasteiger partial charge >= 0.3 is 0 Å². The van der Waals surface area contributed by atoms with Crippen LogP contribution in [0, 0.1) is 11.8 Å². The second kappa shape index (κ2) is 7.03. The van der Waals surface area contributed by atoms with Gasteiger partial charge in [0.1, 0.15) is 0 Å². The summed E-state index contributed by atoms with van der Waals surface area (Å²) in [5, 5.41) is 2.91. The number of pyridine rings is 1. The molecule has 0 aromatic carbocycles. The van der Waals surface area contributed by atoms with Crippen molar-refractivity contribution >= 4 is 11.8 Å². The van der Waals surface area contributed by atoms with E-state index in [2.05, 4.69) is 10.3 Å². The molecule has 1 aliphatic rings. The minimum Gasteiger partial charge on any atom is -0.369 e. The molecule has 1 saturated carbocycles. The fourth-order valence-electron chi connectivity index (χ4n) is 2.79. The topological polar surface area (TPSA) is 85.1 Å². The molecule has 108 valence electrons. The summed E-state index contributed by atoms with van der Waals surface area (Å²) in [6.45, 7) is 0.562.